The van der Waals surface area contributed by atoms with Crippen molar-refractivity contribution in [2.75, 3.05) is 13.1 Å². The highest BCUT2D eigenvalue weighted by Gasteiger charge is 2.33. The minimum absolute atomic E-state index is 0.608. The van der Waals surface area contributed by atoms with E-state index in [4.69, 9.17) is 0 Å². The van der Waals surface area contributed by atoms with Gasteiger partial charge in [-0.25, -0.2) is 0 Å². The fraction of sp³-hybridized carbons (Fsp3) is 1.00. The Bertz CT molecular complexity index is 161. The maximum atomic E-state index is 3.51. The summed E-state index contributed by atoms with van der Waals surface area (Å²) < 4.78 is 0. The van der Waals surface area contributed by atoms with Gasteiger partial charge in [-0.2, -0.15) is 0 Å². The molecule has 0 aromatic rings. The van der Waals surface area contributed by atoms with Gasteiger partial charge in [0.1, 0.15) is 0 Å². The Morgan fingerprint density at radius 1 is 1.20 bits per heavy atom. The molecule has 2 unspecified atom stereocenters. The largest absolute Gasteiger partial charge is 0.316 e. The van der Waals surface area contributed by atoms with Crippen molar-refractivity contribution in [2.24, 2.45) is 11.3 Å². The molecule has 15 heavy (non-hydrogen) atoms. The average Bonchev–Trinajstić information content (AvgIpc) is 2.78. The van der Waals surface area contributed by atoms with Crippen LogP contribution < -0.4 is 5.32 Å². The fourth-order valence-corrected chi connectivity index (χ4v) is 2.87. The van der Waals surface area contributed by atoms with Crippen LogP contribution in [0.1, 0.15) is 65.7 Å². The Balaban J connectivity index is 2.30. The van der Waals surface area contributed by atoms with Crippen molar-refractivity contribution in [3.63, 3.8) is 0 Å². The van der Waals surface area contributed by atoms with Gasteiger partial charge < -0.3 is 5.32 Å². The highest BCUT2D eigenvalue weighted by atomic mass is 14.9. The van der Waals surface area contributed by atoms with E-state index in [-0.39, 0.29) is 0 Å². The Hall–Kier alpha value is -0.0400. The van der Waals surface area contributed by atoms with Gasteiger partial charge >= 0.3 is 0 Å². The van der Waals surface area contributed by atoms with Crippen molar-refractivity contribution >= 4 is 0 Å². The number of nitrogens with one attached hydrogen (secondary N) is 1. The molecular formula is C14H29N. The van der Waals surface area contributed by atoms with Gasteiger partial charge in [-0.15, -0.1) is 0 Å². The van der Waals surface area contributed by atoms with Gasteiger partial charge in [0, 0.05) is 0 Å². The second kappa shape index (κ2) is 6.52. The van der Waals surface area contributed by atoms with Gasteiger partial charge in [-0.3, -0.25) is 0 Å². The van der Waals surface area contributed by atoms with Crippen molar-refractivity contribution in [2.45, 2.75) is 65.7 Å². The molecule has 1 aliphatic rings. The van der Waals surface area contributed by atoms with E-state index in [1.807, 2.05) is 0 Å². The Kier molecular flexibility index (Phi) is 5.66. The summed E-state index contributed by atoms with van der Waals surface area (Å²) in [6, 6.07) is 0. The molecule has 0 amide bonds. The zero-order valence-electron chi connectivity index (χ0n) is 10.9. The number of rotatable bonds is 7. The average molecular weight is 211 g/mol. The van der Waals surface area contributed by atoms with Crippen molar-refractivity contribution in [1.82, 2.24) is 5.32 Å². The van der Waals surface area contributed by atoms with Crippen LogP contribution in [0.15, 0.2) is 0 Å². The molecule has 1 nitrogen and oxygen atoms in total. The first-order valence-corrected chi connectivity index (χ1v) is 6.93. The van der Waals surface area contributed by atoms with E-state index in [1.165, 1.54) is 58.0 Å². The summed E-state index contributed by atoms with van der Waals surface area (Å²) in [7, 11) is 0. The molecule has 1 rings (SSSR count). The summed E-state index contributed by atoms with van der Waals surface area (Å²) in [4.78, 5) is 0. The fourth-order valence-electron chi connectivity index (χ4n) is 2.87. The lowest BCUT2D eigenvalue weighted by molar-refractivity contribution is 0.169. The van der Waals surface area contributed by atoms with E-state index in [1.54, 1.807) is 0 Å². The predicted molar refractivity (Wildman–Crippen MR) is 68.1 cm³/mol. The molecule has 0 spiro atoms. The van der Waals surface area contributed by atoms with Gasteiger partial charge in [0.05, 0.1) is 0 Å². The first-order valence-electron chi connectivity index (χ1n) is 6.93. The molecule has 0 saturated carbocycles. The first kappa shape index (κ1) is 13.0. The van der Waals surface area contributed by atoms with E-state index >= 15 is 0 Å². The minimum Gasteiger partial charge on any atom is -0.316 e. The van der Waals surface area contributed by atoms with Gasteiger partial charge in [-0.05, 0) is 37.3 Å². The number of unbranched alkanes of at least 4 members (excludes halogenated alkanes) is 3. The third kappa shape index (κ3) is 3.79. The van der Waals surface area contributed by atoms with Crippen LogP contribution in [0.25, 0.3) is 0 Å². The standard InChI is InChI=1S/C14H29N/c1-4-6-7-8-10-14(3,5-2)13-9-11-15-12-13/h13,15H,4-12H2,1-3H3. The first-order chi connectivity index (χ1) is 7.23. The zero-order valence-corrected chi connectivity index (χ0v) is 10.9. The van der Waals surface area contributed by atoms with Gasteiger partial charge in [-0.1, -0.05) is 52.9 Å². The van der Waals surface area contributed by atoms with Crippen molar-refractivity contribution in [3.05, 3.63) is 0 Å². The highest BCUT2D eigenvalue weighted by Crippen LogP contribution is 2.39. The van der Waals surface area contributed by atoms with Crippen LogP contribution >= 0.6 is 0 Å². The molecule has 2 atom stereocenters. The normalized spacial score (nSPS) is 25.4. The van der Waals surface area contributed by atoms with Crippen LogP contribution in [0.3, 0.4) is 0 Å². The molecule has 0 radical (unpaired) electrons. The van der Waals surface area contributed by atoms with Crippen LogP contribution in [-0.4, -0.2) is 13.1 Å². The van der Waals surface area contributed by atoms with Gasteiger partial charge in [0.15, 0.2) is 0 Å². The van der Waals surface area contributed by atoms with Gasteiger partial charge in [0.25, 0.3) is 0 Å². The molecule has 0 aromatic heterocycles. The quantitative estimate of drug-likeness (QED) is 0.628. The van der Waals surface area contributed by atoms with Crippen LogP contribution in [-0.2, 0) is 0 Å². The van der Waals surface area contributed by atoms with E-state index in [9.17, 15) is 0 Å². The molecule has 0 aromatic carbocycles. The summed E-state index contributed by atoms with van der Waals surface area (Å²) in [5.41, 5.74) is 0.608. The summed E-state index contributed by atoms with van der Waals surface area (Å²) >= 11 is 0. The molecule has 1 heterocycles. The summed E-state index contributed by atoms with van der Waals surface area (Å²) in [6.07, 6.45) is 9.84. The third-order valence-corrected chi connectivity index (χ3v) is 4.46. The lowest BCUT2D eigenvalue weighted by Crippen LogP contribution is -2.28. The highest BCUT2D eigenvalue weighted by molar-refractivity contribution is 4.86. The van der Waals surface area contributed by atoms with Crippen LogP contribution in [0.2, 0.25) is 0 Å². The number of hydrogen-bond donors (Lipinski definition) is 1. The molecule has 1 fully saturated rings. The summed E-state index contributed by atoms with van der Waals surface area (Å²) in [6.45, 7) is 9.68. The Labute approximate surface area is 96.0 Å². The minimum atomic E-state index is 0.608. The predicted octanol–water partition coefficient (Wildman–Crippen LogP) is 3.98. The molecular weight excluding hydrogens is 182 g/mol. The second-order valence-electron chi connectivity index (χ2n) is 5.51. The Morgan fingerprint density at radius 2 is 2.00 bits per heavy atom. The summed E-state index contributed by atoms with van der Waals surface area (Å²) in [5.74, 6) is 0.934. The van der Waals surface area contributed by atoms with Crippen LogP contribution in [0, 0.1) is 11.3 Å². The number of hydrogen-bond acceptors (Lipinski definition) is 1. The zero-order chi connectivity index (χ0) is 11.1. The maximum absolute atomic E-state index is 3.51. The molecule has 1 N–H and O–H groups in total. The molecule has 1 heteroatoms. The molecule has 0 aliphatic carbocycles. The maximum Gasteiger partial charge on any atom is -0.00148 e. The third-order valence-electron chi connectivity index (χ3n) is 4.46. The van der Waals surface area contributed by atoms with Gasteiger partial charge in [0.2, 0.25) is 0 Å². The van der Waals surface area contributed by atoms with E-state index in [2.05, 4.69) is 26.1 Å². The van der Waals surface area contributed by atoms with Crippen LogP contribution in [0.5, 0.6) is 0 Å². The van der Waals surface area contributed by atoms with Crippen molar-refractivity contribution in [1.29, 1.82) is 0 Å². The SMILES string of the molecule is CCCCCCC(C)(CC)C1CCNC1. The monoisotopic (exact) mass is 211 g/mol. The molecule has 1 saturated heterocycles. The molecule has 90 valence electrons. The Morgan fingerprint density at radius 3 is 2.53 bits per heavy atom. The summed E-state index contributed by atoms with van der Waals surface area (Å²) in [5, 5.41) is 3.51. The lowest BCUT2D eigenvalue weighted by Gasteiger charge is -2.34. The van der Waals surface area contributed by atoms with E-state index in [0.29, 0.717) is 5.41 Å². The lowest BCUT2D eigenvalue weighted by atomic mass is 9.71. The van der Waals surface area contributed by atoms with Crippen molar-refractivity contribution < 1.29 is 0 Å². The van der Waals surface area contributed by atoms with Crippen LogP contribution in [0.4, 0.5) is 0 Å². The van der Waals surface area contributed by atoms with E-state index in [0.717, 1.165) is 5.92 Å². The molecule has 1 aliphatic heterocycles. The second-order valence-corrected chi connectivity index (χ2v) is 5.51. The smallest absolute Gasteiger partial charge is 0.00148 e. The molecule has 0 bridgehead atoms. The van der Waals surface area contributed by atoms with E-state index < -0.39 is 0 Å². The van der Waals surface area contributed by atoms with Crippen molar-refractivity contribution in [3.8, 4) is 0 Å². The topological polar surface area (TPSA) is 12.0 Å².